The van der Waals surface area contributed by atoms with Crippen LogP contribution in [-0.4, -0.2) is 16.8 Å². The lowest BCUT2D eigenvalue weighted by atomic mass is 10.2. The van der Waals surface area contributed by atoms with Crippen molar-refractivity contribution in [3.63, 3.8) is 0 Å². The van der Waals surface area contributed by atoms with Gasteiger partial charge in [-0.25, -0.2) is 10.2 Å². The summed E-state index contributed by atoms with van der Waals surface area (Å²) in [5.41, 5.74) is 7.10. The molecule has 0 saturated carbocycles. The van der Waals surface area contributed by atoms with Crippen LogP contribution in [0.25, 0.3) is 0 Å². The summed E-state index contributed by atoms with van der Waals surface area (Å²) < 4.78 is 4.95. The van der Waals surface area contributed by atoms with Gasteiger partial charge < -0.3 is 15.3 Å². The molecule has 1 aromatic rings. The number of nitrogens with two attached hydrogens (primary N) is 1. The van der Waals surface area contributed by atoms with Crippen LogP contribution >= 0.6 is 0 Å². The normalized spacial score (nSPS) is 13.7. The quantitative estimate of drug-likeness (QED) is 0.481. The van der Waals surface area contributed by atoms with E-state index in [0.29, 0.717) is 11.5 Å². The van der Waals surface area contributed by atoms with Crippen molar-refractivity contribution in [3.8, 4) is 0 Å². The molecule has 6 heteroatoms. The van der Waals surface area contributed by atoms with Crippen molar-refractivity contribution in [2.24, 2.45) is 10.8 Å². The highest BCUT2D eigenvalue weighted by atomic mass is 16.4. The average Bonchev–Trinajstić information content (AvgIpc) is 2.65. The van der Waals surface area contributed by atoms with Crippen LogP contribution < -0.4 is 11.2 Å². The molecule has 0 fully saturated rings. The topological polar surface area (TPSA) is 101 Å². The molecule has 1 atom stereocenters. The minimum absolute atomic E-state index is 0.291. The number of urea groups is 1. The van der Waals surface area contributed by atoms with Gasteiger partial charge in [-0.1, -0.05) is 0 Å². The molecule has 0 aromatic carbocycles. The Morgan fingerprint density at radius 1 is 1.79 bits per heavy atom. The number of carbonyl (C=O) groups excluding carboxylic acids is 1. The third kappa shape index (κ3) is 2.60. The van der Waals surface area contributed by atoms with Gasteiger partial charge in [-0.3, -0.25) is 0 Å². The summed E-state index contributed by atoms with van der Waals surface area (Å²) in [6.45, 7) is 1.54. The van der Waals surface area contributed by atoms with Gasteiger partial charge >= 0.3 is 6.03 Å². The molecular weight excluding hydrogens is 186 g/mol. The van der Waals surface area contributed by atoms with E-state index >= 15 is 0 Å². The highest BCUT2D eigenvalue weighted by molar-refractivity contribution is 5.87. The van der Waals surface area contributed by atoms with Gasteiger partial charge in [0.05, 0.1) is 12.0 Å². The van der Waals surface area contributed by atoms with Crippen molar-refractivity contribution in [1.29, 1.82) is 0 Å². The maximum Gasteiger partial charge on any atom is 0.332 e. The zero-order chi connectivity index (χ0) is 10.6. The second-order valence-electron chi connectivity index (χ2n) is 2.65. The van der Waals surface area contributed by atoms with E-state index in [0.717, 1.165) is 0 Å². The van der Waals surface area contributed by atoms with Crippen molar-refractivity contribution in [2.75, 3.05) is 0 Å². The third-order valence-electron chi connectivity index (χ3n) is 1.55. The number of hydrogen-bond acceptors (Lipinski definition) is 4. The van der Waals surface area contributed by atoms with Gasteiger partial charge in [0.15, 0.2) is 6.10 Å². The van der Waals surface area contributed by atoms with Crippen LogP contribution in [0.15, 0.2) is 27.9 Å². The van der Waals surface area contributed by atoms with Gasteiger partial charge in [-0.15, -0.1) is 0 Å². The number of hydrogen-bond donors (Lipinski definition) is 3. The zero-order valence-electron chi connectivity index (χ0n) is 7.60. The minimum Gasteiger partial charge on any atom is -0.466 e. The van der Waals surface area contributed by atoms with Crippen LogP contribution in [0.1, 0.15) is 18.8 Å². The first-order valence-corrected chi connectivity index (χ1v) is 3.92. The van der Waals surface area contributed by atoms with Crippen LogP contribution in [0.5, 0.6) is 0 Å². The van der Waals surface area contributed by atoms with Crippen molar-refractivity contribution in [1.82, 2.24) is 5.43 Å². The largest absolute Gasteiger partial charge is 0.466 e. The van der Waals surface area contributed by atoms with Crippen molar-refractivity contribution in [2.45, 2.75) is 13.0 Å². The lowest BCUT2D eigenvalue weighted by molar-refractivity contribution is 0.213. The Bertz CT molecular complexity index is 332. The number of carbonyl (C=O) groups is 1. The predicted octanol–water partition coefficient (Wildman–Crippen LogP) is 0.357. The molecule has 6 nitrogen and oxygen atoms in total. The standard InChI is InChI=1S/C8H11N3O3/c1-5(10-11-8(9)13)7(12)6-3-2-4-14-6/h2-4,7,12H,1H3,(H3,9,11,13)/b10-5-. The van der Waals surface area contributed by atoms with Crippen LogP contribution in [-0.2, 0) is 0 Å². The summed E-state index contributed by atoms with van der Waals surface area (Å²) in [5, 5.41) is 13.1. The smallest absolute Gasteiger partial charge is 0.332 e. The summed E-state index contributed by atoms with van der Waals surface area (Å²) in [4.78, 5) is 10.3. The predicted molar refractivity (Wildman–Crippen MR) is 49.5 cm³/mol. The van der Waals surface area contributed by atoms with E-state index < -0.39 is 12.1 Å². The lowest BCUT2D eigenvalue weighted by Gasteiger charge is -2.06. The Morgan fingerprint density at radius 3 is 3.00 bits per heavy atom. The molecule has 0 aliphatic rings. The molecule has 0 aliphatic carbocycles. The van der Waals surface area contributed by atoms with E-state index in [1.165, 1.54) is 6.26 Å². The number of amides is 2. The second kappa shape index (κ2) is 4.43. The van der Waals surface area contributed by atoms with Gasteiger partial charge in [0.25, 0.3) is 0 Å². The second-order valence-corrected chi connectivity index (χ2v) is 2.65. The molecule has 14 heavy (non-hydrogen) atoms. The number of rotatable bonds is 3. The van der Waals surface area contributed by atoms with Gasteiger partial charge in [0.1, 0.15) is 5.76 Å². The fraction of sp³-hybridized carbons (Fsp3) is 0.250. The number of furan rings is 1. The molecule has 0 aliphatic heterocycles. The maximum atomic E-state index is 10.3. The molecule has 4 N–H and O–H groups in total. The van der Waals surface area contributed by atoms with Crippen LogP contribution in [0.4, 0.5) is 4.79 Å². The summed E-state index contributed by atoms with van der Waals surface area (Å²) in [5.74, 6) is 0.359. The highest BCUT2D eigenvalue weighted by Crippen LogP contribution is 2.14. The molecule has 0 radical (unpaired) electrons. The Morgan fingerprint density at radius 2 is 2.50 bits per heavy atom. The van der Waals surface area contributed by atoms with Crippen molar-refractivity contribution < 1.29 is 14.3 Å². The summed E-state index contributed by atoms with van der Waals surface area (Å²) in [7, 11) is 0. The molecule has 1 rings (SSSR count). The SMILES string of the molecule is C/C(=N/NC(N)=O)C(O)c1ccco1. The molecule has 0 bridgehead atoms. The van der Waals surface area contributed by atoms with Crippen molar-refractivity contribution >= 4 is 11.7 Å². The molecule has 1 aromatic heterocycles. The molecule has 1 unspecified atom stereocenters. The van der Waals surface area contributed by atoms with E-state index in [-0.39, 0.29) is 0 Å². The van der Waals surface area contributed by atoms with Crippen LogP contribution in [0.2, 0.25) is 0 Å². The molecule has 0 spiro atoms. The Labute approximate surface area is 80.4 Å². The summed E-state index contributed by atoms with van der Waals surface area (Å²) in [6, 6.07) is 2.47. The summed E-state index contributed by atoms with van der Waals surface area (Å²) in [6.07, 6.45) is 0.463. The molecule has 76 valence electrons. The van der Waals surface area contributed by atoms with Gasteiger partial charge in [-0.05, 0) is 19.1 Å². The number of aliphatic hydroxyl groups is 1. The Balaban J connectivity index is 2.65. The molecular formula is C8H11N3O3. The van der Waals surface area contributed by atoms with E-state index in [4.69, 9.17) is 10.2 Å². The van der Waals surface area contributed by atoms with Crippen LogP contribution in [0.3, 0.4) is 0 Å². The molecule has 2 amide bonds. The van der Waals surface area contributed by atoms with E-state index in [1.54, 1.807) is 19.1 Å². The Hall–Kier alpha value is -1.82. The maximum absolute atomic E-state index is 10.3. The zero-order valence-corrected chi connectivity index (χ0v) is 7.60. The Kier molecular flexibility index (Phi) is 3.24. The monoisotopic (exact) mass is 197 g/mol. The first kappa shape index (κ1) is 10.3. The summed E-state index contributed by atoms with van der Waals surface area (Å²) >= 11 is 0. The number of hydrazone groups is 1. The van der Waals surface area contributed by atoms with E-state index in [1.807, 2.05) is 5.43 Å². The van der Waals surface area contributed by atoms with E-state index in [2.05, 4.69) is 5.10 Å². The van der Waals surface area contributed by atoms with Gasteiger partial charge in [0.2, 0.25) is 0 Å². The van der Waals surface area contributed by atoms with Gasteiger partial charge in [0, 0.05) is 0 Å². The number of primary amides is 1. The fourth-order valence-corrected chi connectivity index (χ4v) is 0.857. The minimum atomic E-state index is -0.975. The number of nitrogens with zero attached hydrogens (tertiary/aromatic N) is 1. The van der Waals surface area contributed by atoms with E-state index in [9.17, 15) is 9.90 Å². The third-order valence-corrected chi connectivity index (χ3v) is 1.55. The molecule has 0 saturated heterocycles. The van der Waals surface area contributed by atoms with Crippen molar-refractivity contribution in [3.05, 3.63) is 24.2 Å². The highest BCUT2D eigenvalue weighted by Gasteiger charge is 2.13. The first-order valence-electron chi connectivity index (χ1n) is 3.92. The fourth-order valence-electron chi connectivity index (χ4n) is 0.857. The van der Waals surface area contributed by atoms with Gasteiger partial charge in [-0.2, -0.15) is 5.10 Å². The lowest BCUT2D eigenvalue weighted by Crippen LogP contribution is -2.26. The number of aliphatic hydroxyl groups excluding tert-OH is 1. The average molecular weight is 197 g/mol. The number of nitrogens with one attached hydrogen (secondary N) is 1. The van der Waals surface area contributed by atoms with Crippen LogP contribution in [0, 0.1) is 0 Å². The first-order chi connectivity index (χ1) is 6.61. The molecule has 1 heterocycles.